The molecule has 6 nitrogen and oxygen atoms in total. The number of aromatic nitrogens is 1. The summed E-state index contributed by atoms with van der Waals surface area (Å²) in [5.41, 5.74) is 2.11. The summed E-state index contributed by atoms with van der Waals surface area (Å²) in [4.78, 5) is 21.3. The van der Waals surface area contributed by atoms with E-state index < -0.39 is 23.8 Å². The molecule has 1 aromatic heterocycles. The van der Waals surface area contributed by atoms with Crippen molar-refractivity contribution in [2.75, 3.05) is 38.0 Å². The Bertz CT molecular complexity index is 1080. The number of piperidine rings is 1. The highest BCUT2D eigenvalue weighted by atomic mass is 19.4. The zero-order chi connectivity index (χ0) is 26.0. The summed E-state index contributed by atoms with van der Waals surface area (Å²) in [7, 11) is 0. The number of rotatable bonds is 7. The van der Waals surface area contributed by atoms with Crippen LogP contribution < -0.4 is 5.32 Å². The van der Waals surface area contributed by atoms with Crippen molar-refractivity contribution in [3.8, 4) is 0 Å². The van der Waals surface area contributed by atoms with Crippen molar-refractivity contribution in [1.82, 2.24) is 14.8 Å². The van der Waals surface area contributed by atoms with Gasteiger partial charge in [0.15, 0.2) is 0 Å². The van der Waals surface area contributed by atoms with Gasteiger partial charge in [0.25, 0.3) is 0 Å². The number of hydrogen-bond acceptors (Lipinski definition) is 5. The molecule has 0 unspecified atom stereocenters. The summed E-state index contributed by atoms with van der Waals surface area (Å²) in [5, 5.41) is 13.3. The van der Waals surface area contributed by atoms with E-state index in [0.29, 0.717) is 24.6 Å². The molecule has 1 aromatic carbocycles. The Hall–Kier alpha value is -2.65. The number of likely N-dealkylation sites (tertiary alicyclic amines) is 2. The van der Waals surface area contributed by atoms with Gasteiger partial charge in [-0.25, -0.2) is 4.98 Å². The molecule has 0 bridgehead atoms. The van der Waals surface area contributed by atoms with Crippen molar-refractivity contribution in [2.45, 2.75) is 63.2 Å². The smallest absolute Gasteiger partial charge is 0.416 e. The number of benzene rings is 1. The van der Waals surface area contributed by atoms with Gasteiger partial charge in [-0.2, -0.15) is 13.2 Å². The quantitative estimate of drug-likeness (QED) is 0.540. The first-order chi connectivity index (χ1) is 17.8. The van der Waals surface area contributed by atoms with Crippen LogP contribution in [0.3, 0.4) is 0 Å². The molecule has 2 atom stereocenters. The molecule has 2 N–H and O–H groups in total. The van der Waals surface area contributed by atoms with E-state index in [1.54, 1.807) is 0 Å². The molecule has 0 radical (unpaired) electrons. The van der Waals surface area contributed by atoms with Gasteiger partial charge in [0.1, 0.15) is 11.9 Å². The standard InChI is InChI=1S/C28H35F3N4O2/c29-28(30,31)22-7-4-20(5-8-22)25(27(36)37)35-17-13-24(18-35)34-15-11-19(12-16-34)3-9-23-10-6-21-2-1-14-32-26(21)33-23/h4-8,10,19,24-25H,1-3,9,11-18H2,(H,32,33)(H,36,37)/t24-,25-/m1/s1. The van der Waals surface area contributed by atoms with Crippen LogP contribution >= 0.6 is 0 Å². The van der Waals surface area contributed by atoms with Gasteiger partial charge in [0, 0.05) is 31.4 Å². The molecule has 0 amide bonds. The number of aliphatic carboxylic acids is 1. The minimum atomic E-state index is -4.43. The molecule has 2 fully saturated rings. The fourth-order valence-electron chi connectivity index (χ4n) is 6.13. The van der Waals surface area contributed by atoms with E-state index in [0.717, 1.165) is 88.2 Å². The molecule has 3 aliphatic rings. The maximum Gasteiger partial charge on any atom is 0.416 e. The first kappa shape index (κ1) is 26.0. The summed E-state index contributed by atoms with van der Waals surface area (Å²) in [6, 6.07) is 8.28. The van der Waals surface area contributed by atoms with Gasteiger partial charge in [-0.1, -0.05) is 18.2 Å². The van der Waals surface area contributed by atoms with Gasteiger partial charge in [-0.05, 0) is 93.3 Å². The van der Waals surface area contributed by atoms with Crippen LogP contribution in [-0.4, -0.2) is 64.6 Å². The van der Waals surface area contributed by atoms with Crippen LogP contribution in [0.1, 0.15) is 60.5 Å². The molecule has 3 aliphatic heterocycles. The van der Waals surface area contributed by atoms with E-state index in [1.165, 1.54) is 17.7 Å². The van der Waals surface area contributed by atoms with E-state index in [9.17, 15) is 23.1 Å². The van der Waals surface area contributed by atoms with Crippen molar-refractivity contribution < 1.29 is 23.1 Å². The van der Waals surface area contributed by atoms with Crippen molar-refractivity contribution in [3.05, 3.63) is 58.8 Å². The lowest BCUT2D eigenvalue weighted by Gasteiger charge is -2.36. The molecular weight excluding hydrogens is 481 g/mol. The summed E-state index contributed by atoms with van der Waals surface area (Å²) in [6.45, 7) is 4.24. The average Bonchev–Trinajstić information content (AvgIpc) is 3.37. The molecule has 4 heterocycles. The predicted molar refractivity (Wildman–Crippen MR) is 135 cm³/mol. The Morgan fingerprint density at radius 2 is 1.84 bits per heavy atom. The van der Waals surface area contributed by atoms with Crippen LogP contribution in [0.25, 0.3) is 0 Å². The van der Waals surface area contributed by atoms with Crippen LogP contribution in [-0.2, 0) is 23.8 Å². The summed E-state index contributed by atoms with van der Waals surface area (Å²) >= 11 is 0. The molecule has 2 saturated heterocycles. The summed E-state index contributed by atoms with van der Waals surface area (Å²) < 4.78 is 38.8. The number of carboxylic acid groups (broad SMARTS) is 1. The lowest BCUT2D eigenvalue weighted by Crippen LogP contribution is -2.43. The molecule has 200 valence electrons. The number of alkyl halides is 3. The number of nitrogens with zero attached hydrogens (tertiary/aromatic N) is 3. The Balaban J connectivity index is 1.11. The third-order valence-corrected chi connectivity index (χ3v) is 8.27. The largest absolute Gasteiger partial charge is 0.480 e. The van der Waals surface area contributed by atoms with Gasteiger partial charge < -0.3 is 10.4 Å². The van der Waals surface area contributed by atoms with Crippen LogP contribution in [0.15, 0.2) is 36.4 Å². The van der Waals surface area contributed by atoms with E-state index in [-0.39, 0.29) is 6.04 Å². The Labute approximate surface area is 215 Å². The number of hydrogen-bond donors (Lipinski definition) is 2. The van der Waals surface area contributed by atoms with Gasteiger partial charge in [0.05, 0.1) is 5.56 Å². The van der Waals surface area contributed by atoms with Crippen molar-refractivity contribution in [1.29, 1.82) is 0 Å². The Morgan fingerprint density at radius 3 is 2.54 bits per heavy atom. The maximum atomic E-state index is 12.9. The third kappa shape index (κ3) is 6.09. The Kier molecular flexibility index (Phi) is 7.72. The SMILES string of the molecule is O=C(O)[C@@H](c1ccc(C(F)(F)F)cc1)N1CC[C@@H](N2CCC(CCc3ccc4c(n3)NCCC4)CC2)C1. The maximum absolute atomic E-state index is 12.9. The second kappa shape index (κ2) is 11.0. The van der Waals surface area contributed by atoms with Crippen molar-refractivity contribution >= 4 is 11.8 Å². The summed E-state index contributed by atoms with van der Waals surface area (Å²) in [6.07, 6.45) is 3.08. The van der Waals surface area contributed by atoms with E-state index in [2.05, 4.69) is 22.3 Å². The number of aryl methyl sites for hydroxylation is 2. The highest BCUT2D eigenvalue weighted by Crippen LogP contribution is 2.33. The highest BCUT2D eigenvalue weighted by molar-refractivity contribution is 5.75. The molecule has 2 aromatic rings. The first-order valence-corrected chi connectivity index (χ1v) is 13.4. The number of pyridine rings is 1. The van der Waals surface area contributed by atoms with Gasteiger partial charge in [-0.3, -0.25) is 14.6 Å². The molecule has 5 rings (SSSR count). The second-order valence-corrected chi connectivity index (χ2v) is 10.7. The van der Waals surface area contributed by atoms with Crippen LogP contribution in [0.5, 0.6) is 0 Å². The number of nitrogens with one attached hydrogen (secondary N) is 1. The lowest BCUT2D eigenvalue weighted by atomic mass is 9.90. The van der Waals surface area contributed by atoms with E-state index >= 15 is 0 Å². The molecular formula is C28H35F3N4O2. The molecule has 9 heteroatoms. The highest BCUT2D eigenvalue weighted by Gasteiger charge is 2.37. The van der Waals surface area contributed by atoms with Crippen molar-refractivity contribution in [2.24, 2.45) is 5.92 Å². The minimum absolute atomic E-state index is 0.283. The topological polar surface area (TPSA) is 68.7 Å². The molecule has 0 spiro atoms. The van der Waals surface area contributed by atoms with Gasteiger partial charge in [0.2, 0.25) is 0 Å². The monoisotopic (exact) mass is 516 g/mol. The van der Waals surface area contributed by atoms with Gasteiger partial charge >= 0.3 is 12.1 Å². The van der Waals surface area contributed by atoms with Crippen molar-refractivity contribution in [3.63, 3.8) is 0 Å². The molecule has 0 aliphatic carbocycles. The number of fused-ring (bicyclic) bond motifs is 1. The van der Waals surface area contributed by atoms with Crippen LogP contribution in [0.4, 0.5) is 19.0 Å². The Morgan fingerprint density at radius 1 is 1.08 bits per heavy atom. The number of anilines is 1. The second-order valence-electron chi connectivity index (χ2n) is 10.7. The lowest BCUT2D eigenvalue weighted by molar-refractivity contribution is -0.143. The summed E-state index contributed by atoms with van der Waals surface area (Å²) in [5.74, 6) is 0.698. The molecule has 37 heavy (non-hydrogen) atoms. The number of carbonyl (C=O) groups is 1. The normalized spacial score (nSPS) is 22.4. The first-order valence-electron chi connectivity index (χ1n) is 13.4. The number of carboxylic acids is 1. The van der Waals surface area contributed by atoms with Crippen LogP contribution in [0.2, 0.25) is 0 Å². The minimum Gasteiger partial charge on any atom is -0.480 e. The zero-order valence-corrected chi connectivity index (χ0v) is 21.0. The van der Waals surface area contributed by atoms with E-state index in [4.69, 9.17) is 4.98 Å². The fraction of sp³-hybridized carbons (Fsp3) is 0.571. The third-order valence-electron chi connectivity index (χ3n) is 8.27. The van der Waals surface area contributed by atoms with E-state index in [1.807, 2.05) is 4.90 Å². The predicted octanol–water partition coefficient (Wildman–Crippen LogP) is 5.00. The average molecular weight is 517 g/mol. The van der Waals surface area contributed by atoms with Gasteiger partial charge in [-0.15, -0.1) is 0 Å². The molecule has 0 saturated carbocycles. The van der Waals surface area contributed by atoms with Crippen LogP contribution in [0, 0.1) is 5.92 Å². The number of halogens is 3. The fourth-order valence-corrected chi connectivity index (χ4v) is 6.13. The zero-order valence-electron chi connectivity index (χ0n) is 21.0.